The number of aromatic amines is 1. The fourth-order valence-corrected chi connectivity index (χ4v) is 3.23. The van der Waals surface area contributed by atoms with Gasteiger partial charge in [-0.1, -0.05) is 24.3 Å². The second-order valence-corrected chi connectivity index (χ2v) is 7.21. The normalized spacial score (nSPS) is 11.4. The summed E-state index contributed by atoms with van der Waals surface area (Å²) in [7, 11) is 0. The number of pyridine rings is 1. The molecule has 0 aliphatic carbocycles. The number of nitrogens with one attached hydrogen (secondary N) is 2. The first-order valence-electron chi connectivity index (χ1n) is 9.72. The predicted molar refractivity (Wildman–Crippen MR) is 111 cm³/mol. The number of nitrogens with zero attached hydrogens (tertiary/aromatic N) is 5. The van der Waals surface area contributed by atoms with Crippen LogP contribution in [0.5, 0.6) is 0 Å². The number of anilines is 1. The summed E-state index contributed by atoms with van der Waals surface area (Å²) in [5, 5.41) is 16.8. The van der Waals surface area contributed by atoms with Crippen LogP contribution in [0.4, 0.5) is 29.5 Å². The second kappa shape index (κ2) is 8.73. The number of benzene rings is 1. The number of rotatable bonds is 5. The van der Waals surface area contributed by atoms with Crippen LogP contribution in [0.1, 0.15) is 22.6 Å². The maximum absolute atomic E-state index is 12.8. The van der Waals surface area contributed by atoms with E-state index in [0.29, 0.717) is 5.69 Å². The third-order valence-electron chi connectivity index (χ3n) is 4.72. The molecule has 1 aromatic carbocycles. The van der Waals surface area contributed by atoms with Crippen molar-refractivity contribution in [2.45, 2.75) is 26.6 Å². The van der Waals surface area contributed by atoms with E-state index in [0.717, 1.165) is 34.6 Å². The van der Waals surface area contributed by atoms with E-state index in [2.05, 4.69) is 31.1 Å². The summed E-state index contributed by atoms with van der Waals surface area (Å²) in [4.78, 5) is 16.5. The zero-order chi connectivity index (χ0) is 23.6. The molecule has 2 N–H and O–H groups in total. The summed E-state index contributed by atoms with van der Waals surface area (Å²) in [5.74, 6) is -0.110. The molecule has 3 aromatic heterocycles. The molecular formula is C21H18F3N7O2. The first kappa shape index (κ1) is 22.0. The van der Waals surface area contributed by atoms with Gasteiger partial charge < -0.3 is 15.2 Å². The molecular weight excluding hydrogens is 439 g/mol. The lowest BCUT2D eigenvalue weighted by Crippen LogP contribution is -2.35. The highest BCUT2D eigenvalue weighted by Gasteiger charge is 2.30. The molecule has 3 heterocycles. The molecule has 12 heteroatoms. The fourth-order valence-electron chi connectivity index (χ4n) is 3.23. The SMILES string of the molecule is Cc1n[nH]c(C)c1-c1ccc(C[n+]2cc([N-]C(=O)Nc3cccc(C(F)(F)F)c3)on2)nc1. The van der Waals surface area contributed by atoms with Gasteiger partial charge in [0.1, 0.15) is 5.69 Å². The number of carbonyl (C=O) groups excluding carboxylic acids is 1. The van der Waals surface area contributed by atoms with Crippen molar-refractivity contribution in [2.24, 2.45) is 0 Å². The zero-order valence-corrected chi connectivity index (χ0v) is 17.5. The number of aromatic nitrogens is 5. The smallest absolute Gasteiger partial charge is 0.416 e. The molecule has 0 spiro atoms. The third kappa shape index (κ3) is 5.17. The van der Waals surface area contributed by atoms with Crippen molar-refractivity contribution in [3.63, 3.8) is 0 Å². The summed E-state index contributed by atoms with van der Waals surface area (Å²) in [6.45, 7) is 4.10. The summed E-state index contributed by atoms with van der Waals surface area (Å²) in [5.41, 5.74) is 3.51. The van der Waals surface area contributed by atoms with E-state index in [1.807, 2.05) is 26.0 Å². The topological polar surface area (TPSA) is 115 Å². The lowest BCUT2D eigenvalue weighted by atomic mass is 10.1. The Labute approximate surface area is 185 Å². The van der Waals surface area contributed by atoms with Crippen molar-refractivity contribution < 1.29 is 27.2 Å². The summed E-state index contributed by atoms with van der Waals surface area (Å²) in [6.07, 6.45) is -1.41. The van der Waals surface area contributed by atoms with Gasteiger partial charge in [-0.25, -0.2) is 0 Å². The Bertz CT molecular complexity index is 1260. The molecule has 4 aromatic rings. The van der Waals surface area contributed by atoms with Crippen molar-refractivity contribution in [1.29, 1.82) is 0 Å². The molecule has 0 aliphatic rings. The number of hydrogen-bond acceptors (Lipinski definition) is 5. The first-order valence-corrected chi connectivity index (χ1v) is 9.72. The quantitative estimate of drug-likeness (QED) is 0.423. The van der Waals surface area contributed by atoms with Crippen LogP contribution in [0.15, 0.2) is 53.3 Å². The molecule has 0 unspecified atom stereocenters. The van der Waals surface area contributed by atoms with Gasteiger partial charge in [0.05, 0.1) is 11.3 Å². The van der Waals surface area contributed by atoms with E-state index >= 15 is 0 Å². The van der Waals surface area contributed by atoms with Gasteiger partial charge in [0.15, 0.2) is 11.3 Å². The second-order valence-electron chi connectivity index (χ2n) is 7.21. The molecule has 0 saturated heterocycles. The van der Waals surface area contributed by atoms with E-state index < -0.39 is 17.8 Å². The van der Waals surface area contributed by atoms with Gasteiger partial charge in [0, 0.05) is 23.0 Å². The van der Waals surface area contributed by atoms with Gasteiger partial charge in [-0.15, -0.1) is 0 Å². The Kier molecular flexibility index (Phi) is 5.82. The number of alkyl halides is 3. The third-order valence-corrected chi connectivity index (χ3v) is 4.72. The van der Waals surface area contributed by atoms with E-state index in [1.54, 1.807) is 6.20 Å². The minimum absolute atomic E-state index is 0.0432. The minimum Gasteiger partial charge on any atom is -0.424 e. The highest BCUT2D eigenvalue weighted by molar-refractivity contribution is 6.03. The van der Waals surface area contributed by atoms with E-state index in [1.165, 1.54) is 23.0 Å². The van der Waals surface area contributed by atoms with Crippen LogP contribution in [-0.4, -0.2) is 26.5 Å². The van der Waals surface area contributed by atoms with Gasteiger partial charge in [-0.3, -0.25) is 14.9 Å². The van der Waals surface area contributed by atoms with Gasteiger partial charge in [0.25, 0.3) is 0 Å². The van der Waals surface area contributed by atoms with E-state index in [4.69, 9.17) is 4.52 Å². The molecule has 2 amide bonds. The van der Waals surface area contributed by atoms with Crippen molar-refractivity contribution in [3.05, 3.63) is 76.8 Å². The average Bonchev–Trinajstić information content (AvgIpc) is 3.33. The van der Waals surface area contributed by atoms with E-state index in [9.17, 15) is 18.0 Å². The Morgan fingerprint density at radius 3 is 2.73 bits per heavy atom. The van der Waals surface area contributed by atoms with Crippen LogP contribution in [0, 0.1) is 13.8 Å². The number of amides is 2. The minimum atomic E-state index is -4.52. The molecule has 0 radical (unpaired) electrons. The van der Waals surface area contributed by atoms with Crippen LogP contribution in [0.3, 0.4) is 0 Å². The fraction of sp³-hybridized carbons (Fsp3) is 0.190. The maximum atomic E-state index is 12.8. The molecule has 0 aliphatic heterocycles. The van der Waals surface area contributed by atoms with Crippen LogP contribution in [0.2, 0.25) is 0 Å². The van der Waals surface area contributed by atoms with Crippen LogP contribution in [0.25, 0.3) is 16.4 Å². The van der Waals surface area contributed by atoms with E-state index in [-0.39, 0.29) is 18.1 Å². The first-order chi connectivity index (χ1) is 15.7. The van der Waals surface area contributed by atoms with Gasteiger partial charge in [-0.2, -0.15) is 18.3 Å². The highest BCUT2D eigenvalue weighted by Crippen LogP contribution is 2.31. The Morgan fingerprint density at radius 2 is 2.06 bits per heavy atom. The summed E-state index contributed by atoms with van der Waals surface area (Å²) < 4.78 is 44.8. The lowest BCUT2D eigenvalue weighted by Gasteiger charge is -2.15. The zero-order valence-electron chi connectivity index (χ0n) is 17.5. The Hall–Kier alpha value is -4.22. The Morgan fingerprint density at radius 1 is 1.24 bits per heavy atom. The van der Waals surface area contributed by atoms with Crippen LogP contribution in [-0.2, 0) is 12.7 Å². The number of halogens is 3. The standard InChI is InChI=1S/C21H18F3N7O2/c1-12-19(13(2)29-28-12)14-6-7-17(25-9-14)10-31-11-18(33-30-31)27-20(32)26-16-5-3-4-15(8-16)21(22,23)24/h3-9,11H,10H2,1-2H3,(H2-,26,27,28,29,30,32). The lowest BCUT2D eigenvalue weighted by molar-refractivity contribution is -0.755. The van der Waals surface area contributed by atoms with Crippen molar-refractivity contribution in [1.82, 2.24) is 20.5 Å². The molecule has 0 saturated carbocycles. The van der Waals surface area contributed by atoms with Crippen LogP contribution < -0.4 is 10.00 Å². The highest BCUT2D eigenvalue weighted by atomic mass is 19.4. The number of carbonyl (C=O) groups is 1. The molecule has 0 fully saturated rings. The largest absolute Gasteiger partial charge is 0.424 e. The Balaban J connectivity index is 1.37. The molecule has 33 heavy (non-hydrogen) atoms. The van der Waals surface area contributed by atoms with Gasteiger partial charge in [-0.05, 0) is 36.3 Å². The van der Waals surface area contributed by atoms with Gasteiger partial charge >= 0.3 is 6.18 Å². The average molecular weight is 457 g/mol. The molecule has 0 atom stereocenters. The number of H-pyrrole nitrogens is 1. The van der Waals surface area contributed by atoms with Crippen molar-refractivity contribution in [2.75, 3.05) is 5.32 Å². The molecule has 0 bridgehead atoms. The van der Waals surface area contributed by atoms with Crippen LogP contribution >= 0.6 is 0 Å². The number of aryl methyl sites for hydroxylation is 2. The summed E-state index contributed by atoms with van der Waals surface area (Å²) in [6, 6.07) is 7.09. The number of hydrogen-bond donors (Lipinski definition) is 2. The van der Waals surface area contributed by atoms with Gasteiger partial charge in [0.2, 0.25) is 18.6 Å². The predicted octanol–water partition coefficient (Wildman–Crippen LogP) is 4.67. The molecule has 9 nitrogen and oxygen atoms in total. The molecule has 4 rings (SSSR count). The number of urea groups is 1. The summed E-state index contributed by atoms with van der Waals surface area (Å²) >= 11 is 0. The monoisotopic (exact) mass is 457 g/mol. The molecule has 170 valence electrons. The van der Waals surface area contributed by atoms with Crippen molar-refractivity contribution in [3.8, 4) is 11.1 Å². The maximum Gasteiger partial charge on any atom is 0.416 e. The van der Waals surface area contributed by atoms with Crippen molar-refractivity contribution >= 4 is 17.6 Å².